The molecule has 0 aliphatic heterocycles. The van der Waals surface area contributed by atoms with Crippen molar-refractivity contribution in [2.24, 2.45) is 0 Å². The molecule has 1 aromatic heterocycles. The minimum Gasteiger partial charge on any atom is -0.493 e. The Morgan fingerprint density at radius 1 is 0.974 bits per heavy atom. The van der Waals surface area contributed by atoms with Crippen molar-refractivity contribution < 1.29 is 37.0 Å². The zero-order valence-corrected chi connectivity index (χ0v) is 20.8. The Morgan fingerprint density at radius 2 is 1.68 bits per heavy atom. The number of carbonyl (C=O) groups is 1. The second kappa shape index (κ2) is 11.0. The van der Waals surface area contributed by atoms with Crippen molar-refractivity contribution in [3.63, 3.8) is 0 Å². The molecule has 0 radical (unpaired) electrons. The highest BCUT2D eigenvalue weighted by atomic mass is 19.4. The van der Waals surface area contributed by atoms with Crippen LogP contribution in [-0.4, -0.2) is 28.3 Å². The third-order valence-electron chi connectivity index (χ3n) is 5.94. The normalized spacial score (nSPS) is 13.1. The van der Waals surface area contributed by atoms with Crippen LogP contribution in [-0.2, 0) is 23.8 Å². The SMILES string of the molecule is Cc1oc(-c2ccccc2)nc1CCOc1ccc(CC(C)(Oc2cccc(C(F)(F)F)c2)C(=O)O)cc1. The summed E-state index contributed by atoms with van der Waals surface area (Å²) in [5, 5.41) is 9.77. The van der Waals surface area contributed by atoms with Crippen LogP contribution in [0.5, 0.6) is 11.5 Å². The van der Waals surface area contributed by atoms with Crippen LogP contribution in [0.3, 0.4) is 0 Å². The predicted octanol–water partition coefficient (Wildman–Crippen LogP) is 6.76. The van der Waals surface area contributed by atoms with Crippen molar-refractivity contribution in [2.75, 3.05) is 6.61 Å². The third-order valence-corrected chi connectivity index (χ3v) is 5.94. The Hall–Kier alpha value is -4.27. The Kier molecular flexibility index (Phi) is 7.75. The Labute approximate surface area is 217 Å². The summed E-state index contributed by atoms with van der Waals surface area (Å²) in [4.78, 5) is 16.5. The van der Waals surface area contributed by atoms with Gasteiger partial charge in [0.1, 0.15) is 17.3 Å². The van der Waals surface area contributed by atoms with Crippen molar-refractivity contribution in [2.45, 2.75) is 38.5 Å². The molecule has 0 saturated carbocycles. The Morgan fingerprint density at radius 3 is 2.34 bits per heavy atom. The lowest BCUT2D eigenvalue weighted by Gasteiger charge is -2.27. The van der Waals surface area contributed by atoms with E-state index in [9.17, 15) is 23.1 Å². The number of alkyl halides is 3. The lowest BCUT2D eigenvalue weighted by Crippen LogP contribution is -2.43. The summed E-state index contributed by atoms with van der Waals surface area (Å²) in [6.45, 7) is 3.53. The number of oxazole rings is 1. The minimum atomic E-state index is -4.56. The molecule has 3 aromatic carbocycles. The molecule has 1 unspecified atom stereocenters. The summed E-state index contributed by atoms with van der Waals surface area (Å²) in [6.07, 6.45) is -4.10. The molecule has 4 aromatic rings. The maximum absolute atomic E-state index is 13.0. The Bertz CT molecular complexity index is 1380. The van der Waals surface area contributed by atoms with Crippen LogP contribution in [0.15, 0.2) is 83.3 Å². The first-order chi connectivity index (χ1) is 18.0. The van der Waals surface area contributed by atoms with Crippen molar-refractivity contribution in [3.8, 4) is 23.0 Å². The molecule has 6 nitrogen and oxygen atoms in total. The number of benzene rings is 3. The minimum absolute atomic E-state index is 0.0702. The van der Waals surface area contributed by atoms with E-state index in [1.165, 1.54) is 19.1 Å². The Balaban J connectivity index is 1.36. The fourth-order valence-electron chi connectivity index (χ4n) is 3.87. The van der Waals surface area contributed by atoms with Crippen molar-refractivity contribution in [1.82, 2.24) is 4.98 Å². The predicted molar refractivity (Wildman–Crippen MR) is 134 cm³/mol. The van der Waals surface area contributed by atoms with Gasteiger partial charge in [0.2, 0.25) is 11.5 Å². The monoisotopic (exact) mass is 525 g/mol. The molecule has 0 saturated heterocycles. The van der Waals surface area contributed by atoms with Crippen LogP contribution in [0.25, 0.3) is 11.5 Å². The molecule has 9 heteroatoms. The maximum Gasteiger partial charge on any atom is 0.416 e. The summed E-state index contributed by atoms with van der Waals surface area (Å²) in [5.41, 5.74) is -0.392. The standard InChI is InChI=1S/C29H26F3NO5/c1-19-25(33-26(37-19)21-7-4-3-5-8-21)15-16-36-23-13-11-20(12-14-23)18-28(2,27(34)35)38-24-10-6-9-22(17-24)29(30,31)32/h3-14,17H,15-16,18H2,1-2H3,(H,34,35). The number of ether oxygens (including phenoxy) is 2. The largest absolute Gasteiger partial charge is 0.493 e. The molecule has 1 atom stereocenters. The van der Waals surface area contributed by atoms with E-state index in [4.69, 9.17) is 13.9 Å². The van der Waals surface area contributed by atoms with Gasteiger partial charge in [-0.15, -0.1) is 0 Å². The van der Waals surface area contributed by atoms with Gasteiger partial charge in [0.05, 0.1) is 17.9 Å². The van der Waals surface area contributed by atoms with Gasteiger partial charge in [-0.25, -0.2) is 9.78 Å². The fraction of sp³-hybridized carbons (Fsp3) is 0.241. The van der Waals surface area contributed by atoms with E-state index in [-0.39, 0.29) is 12.2 Å². The number of rotatable bonds is 10. The summed E-state index contributed by atoms with van der Waals surface area (Å²) < 4.78 is 56.2. The number of nitrogens with zero attached hydrogens (tertiary/aromatic N) is 1. The number of aliphatic carboxylic acids is 1. The van der Waals surface area contributed by atoms with E-state index in [2.05, 4.69) is 4.98 Å². The lowest BCUT2D eigenvalue weighted by atomic mass is 9.96. The molecule has 0 fully saturated rings. The van der Waals surface area contributed by atoms with E-state index in [1.54, 1.807) is 24.3 Å². The van der Waals surface area contributed by atoms with Gasteiger partial charge in [-0.2, -0.15) is 13.2 Å². The highest BCUT2D eigenvalue weighted by molar-refractivity contribution is 5.78. The van der Waals surface area contributed by atoms with E-state index in [0.29, 0.717) is 30.2 Å². The van der Waals surface area contributed by atoms with Gasteiger partial charge < -0.3 is 19.0 Å². The molecule has 4 rings (SSSR count). The topological polar surface area (TPSA) is 81.8 Å². The van der Waals surface area contributed by atoms with Gasteiger partial charge in [0.25, 0.3) is 0 Å². The summed E-state index contributed by atoms with van der Waals surface area (Å²) in [7, 11) is 0. The van der Waals surface area contributed by atoms with Crippen LogP contribution in [0, 0.1) is 6.92 Å². The molecular formula is C29H26F3NO5. The average Bonchev–Trinajstić information content (AvgIpc) is 3.25. The first-order valence-corrected chi connectivity index (χ1v) is 11.9. The molecule has 198 valence electrons. The molecule has 38 heavy (non-hydrogen) atoms. The first kappa shape index (κ1) is 26.8. The number of carboxylic acid groups (broad SMARTS) is 1. The van der Waals surface area contributed by atoms with Gasteiger partial charge in [-0.05, 0) is 61.9 Å². The number of halogens is 3. The number of carboxylic acids is 1. The van der Waals surface area contributed by atoms with Crippen LogP contribution in [0.1, 0.15) is 29.5 Å². The van der Waals surface area contributed by atoms with Crippen LogP contribution in [0.2, 0.25) is 0 Å². The molecule has 0 aliphatic rings. The summed E-state index contributed by atoms with van der Waals surface area (Å²) >= 11 is 0. The van der Waals surface area contributed by atoms with E-state index >= 15 is 0 Å². The van der Waals surface area contributed by atoms with E-state index < -0.39 is 23.3 Å². The molecule has 0 amide bonds. The molecular weight excluding hydrogens is 499 g/mol. The zero-order valence-electron chi connectivity index (χ0n) is 20.8. The van der Waals surface area contributed by atoms with Crippen LogP contribution in [0.4, 0.5) is 13.2 Å². The van der Waals surface area contributed by atoms with Gasteiger partial charge in [0, 0.05) is 18.4 Å². The maximum atomic E-state index is 13.0. The molecule has 0 spiro atoms. The van der Waals surface area contributed by atoms with Crippen LogP contribution < -0.4 is 9.47 Å². The molecule has 1 N–H and O–H groups in total. The van der Waals surface area contributed by atoms with Gasteiger partial charge in [0.15, 0.2) is 0 Å². The van der Waals surface area contributed by atoms with Crippen molar-refractivity contribution in [3.05, 3.63) is 101 Å². The van der Waals surface area contributed by atoms with Gasteiger partial charge >= 0.3 is 12.1 Å². The fourth-order valence-corrected chi connectivity index (χ4v) is 3.87. The summed E-state index contributed by atoms with van der Waals surface area (Å²) in [5.74, 6) is 0.373. The highest BCUT2D eigenvalue weighted by Gasteiger charge is 2.37. The van der Waals surface area contributed by atoms with Crippen molar-refractivity contribution in [1.29, 1.82) is 0 Å². The molecule has 0 aliphatic carbocycles. The van der Waals surface area contributed by atoms with E-state index in [0.717, 1.165) is 29.2 Å². The average molecular weight is 526 g/mol. The number of hydrogen-bond donors (Lipinski definition) is 1. The number of aromatic nitrogens is 1. The number of aryl methyl sites for hydroxylation is 1. The second-order valence-corrected chi connectivity index (χ2v) is 8.97. The van der Waals surface area contributed by atoms with Gasteiger partial charge in [-0.3, -0.25) is 0 Å². The van der Waals surface area contributed by atoms with Crippen LogP contribution >= 0.6 is 0 Å². The smallest absolute Gasteiger partial charge is 0.416 e. The van der Waals surface area contributed by atoms with Crippen molar-refractivity contribution >= 4 is 5.97 Å². The zero-order chi connectivity index (χ0) is 27.3. The summed E-state index contributed by atoms with van der Waals surface area (Å²) in [6, 6.07) is 20.6. The first-order valence-electron chi connectivity index (χ1n) is 11.9. The quantitative estimate of drug-likeness (QED) is 0.247. The number of hydrogen-bond acceptors (Lipinski definition) is 5. The molecule has 0 bridgehead atoms. The highest BCUT2D eigenvalue weighted by Crippen LogP contribution is 2.33. The van der Waals surface area contributed by atoms with Gasteiger partial charge in [-0.1, -0.05) is 36.4 Å². The second-order valence-electron chi connectivity index (χ2n) is 8.97. The van der Waals surface area contributed by atoms with E-state index in [1.807, 2.05) is 37.3 Å². The lowest BCUT2D eigenvalue weighted by molar-refractivity contribution is -0.153. The molecule has 1 heterocycles. The third kappa shape index (κ3) is 6.53.